The smallest absolute Gasteiger partial charge is 0.0360 e. The number of allylic oxidation sites excluding steroid dienone is 2. The zero-order valence-corrected chi connectivity index (χ0v) is 16.2. The van der Waals surface area contributed by atoms with Crippen LogP contribution in [0.3, 0.4) is 0 Å². The fraction of sp³-hybridized carbons (Fsp3) is 0.765. The highest BCUT2D eigenvalue weighted by molar-refractivity contribution is 8.23. The molecular formula is C17H28S4. The molecule has 2 rings (SSSR count). The van der Waals surface area contributed by atoms with Crippen molar-refractivity contribution >= 4 is 47.0 Å². The first-order valence-electron chi connectivity index (χ1n) is 8.37. The van der Waals surface area contributed by atoms with Gasteiger partial charge in [0.15, 0.2) is 0 Å². The highest BCUT2D eigenvalue weighted by atomic mass is 32.2. The number of thioether (sulfide) groups is 4. The molecule has 0 N–H and O–H groups in total. The summed E-state index contributed by atoms with van der Waals surface area (Å²) in [6.07, 6.45) is 17.4. The van der Waals surface area contributed by atoms with Crippen molar-refractivity contribution in [1.29, 1.82) is 0 Å². The summed E-state index contributed by atoms with van der Waals surface area (Å²) >= 11 is 8.26. The van der Waals surface area contributed by atoms with Crippen LogP contribution in [-0.2, 0) is 0 Å². The van der Waals surface area contributed by atoms with Gasteiger partial charge in [-0.15, -0.1) is 47.0 Å². The molecule has 0 aromatic carbocycles. The average molecular weight is 361 g/mol. The Kier molecular flexibility index (Phi) is 10.7. The van der Waals surface area contributed by atoms with Crippen molar-refractivity contribution in [2.75, 3.05) is 23.0 Å². The predicted molar refractivity (Wildman–Crippen MR) is 108 cm³/mol. The largest absolute Gasteiger partial charge is 0.120 e. The summed E-state index contributed by atoms with van der Waals surface area (Å²) in [5.41, 5.74) is 0. The summed E-state index contributed by atoms with van der Waals surface area (Å²) in [5, 5.41) is 0. The fourth-order valence-corrected chi connectivity index (χ4v) is 7.32. The quantitative estimate of drug-likeness (QED) is 0.422. The summed E-state index contributed by atoms with van der Waals surface area (Å²) in [5.74, 6) is 5.35. The molecular weight excluding hydrogens is 332 g/mol. The average Bonchev–Trinajstić information content (AvgIpc) is 2.55. The first-order chi connectivity index (χ1) is 10.4. The molecule has 21 heavy (non-hydrogen) atoms. The molecule has 0 aliphatic carbocycles. The Balaban J connectivity index is 1.39. The monoisotopic (exact) mass is 360 g/mol. The zero-order valence-electron chi connectivity index (χ0n) is 13.0. The van der Waals surface area contributed by atoms with E-state index in [-0.39, 0.29) is 0 Å². The van der Waals surface area contributed by atoms with Gasteiger partial charge >= 0.3 is 0 Å². The molecule has 2 saturated heterocycles. The minimum Gasteiger partial charge on any atom is -0.120 e. The van der Waals surface area contributed by atoms with Crippen LogP contribution in [-0.4, -0.2) is 23.0 Å². The lowest BCUT2D eigenvalue weighted by atomic mass is 10.1. The first-order valence-corrected chi connectivity index (χ1v) is 12.3. The third-order valence-electron chi connectivity index (χ3n) is 3.58. The van der Waals surface area contributed by atoms with E-state index in [0.717, 1.165) is 0 Å². The van der Waals surface area contributed by atoms with Gasteiger partial charge in [0, 0.05) is 8.47 Å². The molecule has 0 spiro atoms. The van der Waals surface area contributed by atoms with Crippen LogP contribution in [0.4, 0.5) is 0 Å². The molecule has 0 aromatic heterocycles. The molecule has 0 bridgehead atoms. The summed E-state index contributed by atoms with van der Waals surface area (Å²) < 4.78 is 3.19. The Morgan fingerprint density at radius 1 is 0.571 bits per heavy atom. The van der Waals surface area contributed by atoms with Crippen LogP contribution in [0.1, 0.15) is 57.8 Å². The second-order valence-corrected chi connectivity index (χ2v) is 10.6. The predicted octanol–water partition coefficient (Wildman–Crippen LogP) is 7.14. The molecule has 2 aliphatic heterocycles. The lowest BCUT2D eigenvalue weighted by molar-refractivity contribution is 0.622. The Labute approximate surface area is 148 Å². The summed E-state index contributed by atoms with van der Waals surface area (Å²) in [6.45, 7) is 0. The normalized spacial score (nSPS) is 19.6. The van der Waals surface area contributed by atoms with Gasteiger partial charge in [0.1, 0.15) is 0 Å². The first kappa shape index (κ1) is 18.2. The van der Waals surface area contributed by atoms with Crippen molar-refractivity contribution in [1.82, 2.24) is 0 Å². The van der Waals surface area contributed by atoms with Crippen LogP contribution in [0.5, 0.6) is 0 Å². The lowest BCUT2D eigenvalue weighted by Gasteiger charge is -2.12. The number of rotatable bonds is 8. The Morgan fingerprint density at radius 2 is 0.952 bits per heavy atom. The molecule has 2 fully saturated rings. The van der Waals surface area contributed by atoms with Gasteiger partial charge in [-0.25, -0.2) is 0 Å². The standard InChI is InChI=1S/C17H28S4/c1(2-4-6-10-16-18-12-8-13-19-16)3-5-7-11-17-20-14-9-15-21-17/h10-11H,1-9,12-15H2. The van der Waals surface area contributed by atoms with Crippen molar-refractivity contribution in [3.8, 4) is 0 Å². The lowest BCUT2D eigenvalue weighted by Crippen LogP contribution is -1.91. The van der Waals surface area contributed by atoms with E-state index in [2.05, 4.69) is 59.2 Å². The minimum absolute atomic E-state index is 1.30. The van der Waals surface area contributed by atoms with Crippen molar-refractivity contribution in [3.63, 3.8) is 0 Å². The van der Waals surface area contributed by atoms with Crippen LogP contribution in [0, 0.1) is 0 Å². The van der Waals surface area contributed by atoms with Crippen molar-refractivity contribution in [3.05, 3.63) is 20.6 Å². The van der Waals surface area contributed by atoms with Gasteiger partial charge < -0.3 is 0 Å². The van der Waals surface area contributed by atoms with Crippen LogP contribution >= 0.6 is 47.0 Å². The Bertz CT molecular complexity index is 288. The maximum Gasteiger partial charge on any atom is 0.0360 e. The SMILES string of the molecule is C(CCCCCCCC=C1SCCCS1)=C1SCCCS1. The molecule has 120 valence electrons. The second kappa shape index (κ2) is 12.3. The minimum atomic E-state index is 1.30. The van der Waals surface area contributed by atoms with E-state index in [4.69, 9.17) is 0 Å². The van der Waals surface area contributed by atoms with Gasteiger partial charge in [-0.05, 0) is 61.5 Å². The van der Waals surface area contributed by atoms with Gasteiger partial charge in [-0.3, -0.25) is 0 Å². The van der Waals surface area contributed by atoms with E-state index in [0.29, 0.717) is 0 Å². The van der Waals surface area contributed by atoms with Crippen molar-refractivity contribution in [2.45, 2.75) is 57.8 Å². The van der Waals surface area contributed by atoms with E-state index in [9.17, 15) is 0 Å². The van der Waals surface area contributed by atoms with Gasteiger partial charge in [0.25, 0.3) is 0 Å². The number of hydrogen-bond donors (Lipinski definition) is 0. The molecule has 0 nitrogen and oxygen atoms in total. The molecule has 0 aromatic rings. The molecule has 0 atom stereocenters. The molecule has 0 unspecified atom stereocenters. The van der Waals surface area contributed by atoms with Gasteiger partial charge in [0.2, 0.25) is 0 Å². The van der Waals surface area contributed by atoms with E-state index in [1.165, 1.54) is 80.8 Å². The second-order valence-electron chi connectivity index (χ2n) is 5.49. The Morgan fingerprint density at radius 3 is 1.38 bits per heavy atom. The number of hydrogen-bond acceptors (Lipinski definition) is 4. The summed E-state index contributed by atoms with van der Waals surface area (Å²) in [6, 6.07) is 0. The summed E-state index contributed by atoms with van der Waals surface area (Å²) in [4.78, 5) is 0. The van der Waals surface area contributed by atoms with Gasteiger partial charge in [-0.2, -0.15) is 0 Å². The highest BCUT2D eigenvalue weighted by Gasteiger charge is 2.06. The van der Waals surface area contributed by atoms with E-state index >= 15 is 0 Å². The van der Waals surface area contributed by atoms with Crippen LogP contribution < -0.4 is 0 Å². The molecule has 0 saturated carbocycles. The fourth-order valence-electron chi connectivity index (χ4n) is 2.39. The maximum atomic E-state index is 2.48. The number of unbranched alkanes of at least 4 members (excludes halogenated alkanes) is 6. The topological polar surface area (TPSA) is 0 Å². The van der Waals surface area contributed by atoms with E-state index < -0.39 is 0 Å². The van der Waals surface area contributed by atoms with Crippen LogP contribution in [0.2, 0.25) is 0 Å². The molecule has 4 heteroatoms. The Hall–Kier alpha value is 0.880. The van der Waals surface area contributed by atoms with Crippen molar-refractivity contribution < 1.29 is 0 Å². The molecule has 2 aliphatic rings. The third-order valence-corrected chi connectivity index (χ3v) is 8.78. The zero-order chi connectivity index (χ0) is 14.6. The molecule has 0 amide bonds. The van der Waals surface area contributed by atoms with Crippen LogP contribution in [0.25, 0.3) is 0 Å². The van der Waals surface area contributed by atoms with Crippen molar-refractivity contribution in [2.24, 2.45) is 0 Å². The summed E-state index contributed by atoms with van der Waals surface area (Å²) in [7, 11) is 0. The van der Waals surface area contributed by atoms with Crippen LogP contribution in [0.15, 0.2) is 20.6 Å². The van der Waals surface area contributed by atoms with E-state index in [1.54, 1.807) is 8.47 Å². The van der Waals surface area contributed by atoms with Gasteiger partial charge in [0.05, 0.1) is 0 Å². The maximum absolute atomic E-state index is 2.48. The molecule has 0 radical (unpaired) electrons. The molecule has 2 heterocycles. The van der Waals surface area contributed by atoms with E-state index in [1.807, 2.05) is 0 Å². The highest BCUT2D eigenvalue weighted by Crippen LogP contribution is 2.35. The third kappa shape index (κ3) is 8.92. The van der Waals surface area contributed by atoms with Gasteiger partial charge in [-0.1, -0.05) is 31.4 Å².